The van der Waals surface area contributed by atoms with Gasteiger partial charge in [-0.3, -0.25) is 0 Å². The highest BCUT2D eigenvalue weighted by atomic mass is 16.4. The summed E-state index contributed by atoms with van der Waals surface area (Å²) in [5.74, 6) is -0.943. The van der Waals surface area contributed by atoms with E-state index in [2.05, 4.69) is 67.6 Å². The van der Waals surface area contributed by atoms with Crippen molar-refractivity contribution in [2.75, 3.05) is 0 Å². The Morgan fingerprint density at radius 3 is 1.81 bits per heavy atom. The lowest BCUT2D eigenvalue weighted by Crippen LogP contribution is -1.95. The molecular formula is C25H22O2. The van der Waals surface area contributed by atoms with E-state index in [1.807, 2.05) is 24.3 Å². The van der Waals surface area contributed by atoms with E-state index < -0.39 is 5.97 Å². The standard InChI is InChI=1S/C25H22O2/c1-2-23(20-9-5-3-6-10-20)25(21-11-7-4-8-12-21)22-16-13-19(14-17-22)15-18-24(26)27/h3-18H,2H2,1H3,(H,26,27)/b18-15+,25-23+. The maximum absolute atomic E-state index is 10.7. The number of aliphatic carboxylic acids is 1. The molecule has 0 saturated heterocycles. The minimum atomic E-state index is -0.943. The molecule has 2 nitrogen and oxygen atoms in total. The Labute approximate surface area is 160 Å². The molecule has 134 valence electrons. The van der Waals surface area contributed by atoms with Gasteiger partial charge in [0, 0.05) is 6.08 Å². The third kappa shape index (κ3) is 4.62. The van der Waals surface area contributed by atoms with E-state index in [0.29, 0.717) is 0 Å². The molecule has 0 heterocycles. The maximum atomic E-state index is 10.7. The van der Waals surface area contributed by atoms with Crippen LogP contribution in [0.5, 0.6) is 0 Å². The minimum Gasteiger partial charge on any atom is -0.478 e. The summed E-state index contributed by atoms with van der Waals surface area (Å²) in [5, 5.41) is 8.80. The van der Waals surface area contributed by atoms with Crippen molar-refractivity contribution >= 4 is 23.2 Å². The summed E-state index contributed by atoms with van der Waals surface area (Å²) in [6, 6.07) is 28.9. The number of carbonyl (C=O) groups is 1. The molecule has 0 aromatic heterocycles. The molecule has 1 N–H and O–H groups in total. The molecule has 0 unspecified atom stereocenters. The Morgan fingerprint density at radius 1 is 0.778 bits per heavy atom. The van der Waals surface area contributed by atoms with Gasteiger partial charge < -0.3 is 5.11 Å². The minimum absolute atomic E-state index is 0.867. The van der Waals surface area contributed by atoms with Crippen molar-refractivity contribution in [3.8, 4) is 0 Å². The summed E-state index contributed by atoms with van der Waals surface area (Å²) in [7, 11) is 0. The first-order valence-corrected chi connectivity index (χ1v) is 9.04. The predicted octanol–water partition coefficient (Wildman–Crippen LogP) is 6.15. The van der Waals surface area contributed by atoms with Gasteiger partial charge in [0.15, 0.2) is 0 Å². The van der Waals surface area contributed by atoms with Crippen LogP contribution in [0.1, 0.15) is 35.6 Å². The molecule has 0 aliphatic carbocycles. The van der Waals surface area contributed by atoms with Gasteiger partial charge in [-0.2, -0.15) is 0 Å². The van der Waals surface area contributed by atoms with Gasteiger partial charge in [-0.1, -0.05) is 91.9 Å². The normalized spacial score (nSPS) is 12.0. The third-order valence-corrected chi connectivity index (χ3v) is 4.46. The summed E-state index contributed by atoms with van der Waals surface area (Å²) >= 11 is 0. The first-order chi connectivity index (χ1) is 13.2. The van der Waals surface area contributed by atoms with E-state index in [1.54, 1.807) is 6.08 Å². The second-order valence-electron chi connectivity index (χ2n) is 6.23. The lowest BCUT2D eigenvalue weighted by Gasteiger charge is -2.16. The lowest BCUT2D eigenvalue weighted by molar-refractivity contribution is -0.131. The van der Waals surface area contributed by atoms with Gasteiger partial charge in [-0.15, -0.1) is 0 Å². The maximum Gasteiger partial charge on any atom is 0.328 e. The lowest BCUT2D eigenvalue weighted by atomic mass is 9.88. The monoisotopic (exact) mass is 354 g/mol. The quantitative estimate of drug-likeness (QED) is 0.425. The highest BCUT2D eigenvalue weighted by Gasteiger charge is 2.12. The molecule has 3 rings (SSSR count). The number of rotatable bonds is 6. The first kappa shape index (κ1) is 18.4. The van der Waals surface area contributed by atoms with Crippen LogP contribution in [0, 0.1) is 0 Å². The molecule has 0 bridgehead atoms. The van der Waals surface area contributed by atoms with Crippen LogP contribution in [0.2, 0.25) is 0 Å². The molecule has 0 radical (unpaired) electrons. The summed E-state index contributed by atoms with van der Waals surface area (Å²) in [6.07, 6.45) is 3.68. The fraction of sp³-hybridized carbons (Fsp3) is 0.0800. The third-order valence-electron chi connectivity index (χ3n) is 4.46. The Morgan fingerprint density at radius 2 is 1.30 bits per heavy atom. The number of carboxylic acids is 1. The summed E-state index contributed by atoms with van der Waals surface area (Å²) in [6.45, 7) is 2.18. The van der Waals surface area contributed by atoms with Gasteiger partial charge in [-0.25, -0.2) is 4.79 Å². The molecule has 2 heteroatoms. The van der Waals surface area contributed by atoms with E-state index in [9.17, 15) is 4.79 Å². The fourth-order valence-corrected chi connectivity index (χ4v) is 3.21. The van der Waals surface area contributed by atoms with E-state index in [1.165, 1.54) is 22.3 Å². The average molecular weight is 354 g/mol. The summed E-state index contributed by atoms with van der Waals surface area (Å²) < 4.78 is 0. The zero-order valence-corrected chi connectivity index (χ0v) is 15.3. The van der Waals surface area contributed by atoms with Crippen LogP contribution in [-0.2, 0) is 4.79 Å². The second-order valence-corrected chi connectivity index (χ2v) is 6.23. The zero-order valence-electron chi connectivity index (χ0n) is 15.3. The molecule has 0 aliphatic heterocycles. The van der Waals surface area contributed by atoms with Crippen LogP contribution in [0.25, 0.3) is 17.2 Å². The van der Waals surface area contributed by atoms with Crippen molar-refractivity contribution in [1.82, 2.24) is 0 Å². The molecule has 0 spiro atoms. The van der Waals surface area contributed by atoms with E-state index in [-0.39, 0.29) is 0 Å². The van der Waals surface area contributed by atoms with Gasteiger partial charge in [0.1, 0.15) is 0 Å². The van der Waals surface area contributed by atoms with E-state index >= 15 is 0 Å². The van der Waals surface area contributed by atoms with Crippen molar-refractivity contribution < 1.29 is 9.90 Å². The largest absolute Gasteiger partial charge is 0.478 e. The Hall–Kier alpha value is -3.39. The molecule has 3 aromatic rings. The van der Waals surface area contributed by atoms with Crippen molar-refractivity contribution in [2.24, 2.45) is 0 Å². The average Bonchev–Trinajstić information content (AvgIpc) is 2.72. The SMILES string of the molecule is CC/C(=C(/c1ccccc1)c1ccc(/C=C/C(=O)O)cc1)c1ccccc1. The van der Waals surface area contributed by atoms with Crippen molar-refractivity contribution in [3.05, 3.63) is 113 Å². The molecule has 0 amide bonds. The number of hydrogen-bond donors (Lipinski definition) is 1. The number of carboxylic acid groups (broad SMARTS) is 1. The molecule has 0 atom stereocenters. The predicted molar refractivity (Wildman–Crippen MR) is 112 cm³/mol. The van der Waals surface area contributed by atoms with Crippen molar-refractivity contribution in [1.29, 1.82) is 0 Å². The van der Waals surface area contributed by atoms with Gasteiger partial charge in [0.2, 0.25) is 0 Å². The van der Waals surface area contributed by atoms with Crippen molar-refractivity contribution in [2.45, 2.75) is 13.3 Å². The van der Waals surface area contributed by atoms with Crippen LogP contribution in [0.4, 0.5) is 0 Å². The Kier molecular flexibility index (Phi) is 6.01. The van der Waals surface area contributed by atoms with Gasteiger partial charge in [0.05, 0.1) is 0 Å². The van der Waals surface area contributed by atoms with E-state index in [4.69, 9.17) is 5.11 Å². The molecule has 0 aliphatic rings. The summed E-state index contributed by atoms with van der Waals surface area (Å²) in [5.41, 5.74) is 6.87. The van der Waals surface area contributed by atoms with Gasteiger partial charge in [-0.05, 0) is 45.9 Å². The van der Waals surface area contributed by atoms with Gasteiger partial charge in [0.25, 0.3) is 0 Å². The number of benzene rings is 3. The van der Waals surface area contributed by atoms with Crippen LogP contribution in [-0.4, -0.2) is 11.1 Å². The van der Waals surface area contributed by atoms with Crippen LogP contribution < -0.4 is 0 Å². The van der Waals surface area contributed by atoms with Gasteiger partial charge >= 0.3 is 5.97 Å². The Balaban J connectivity index is 2.14. The highest BCUT2D eigenvalue weighted by Crippen LogP contribution is 2.34. The fourth-order valence-electron chi connectivity index (χ4n) is 3.21. The smallest absolute Gasteiger partial charge is 0.328 e. The molecular weight excluding hydrogens is 332 g/mol. The zero-order chi connectivity index (χ0) is 19.1. The number of hydrogen-bond acceptors (Lipinski definition) is 1. The molecule has 0 fully saturated rings. The molecule has 3 aromatic carbocycles. The first-order valence-electron chi connectivity index (χ1n) is 9.04. The van der Waals surface area contributed by atoms with Crippen LogP contribution in [0.3, 0.4) is 0 Å². The molecule has 27 heavy (non-hydrogen) atoms. The van der Waals surface area contributed by atoms with Crippen molar-refractivity contribution in [3.63, 3.8) is 0 Å². The van der Waals surface area contributed by atoms with Crippen LogP contribution in [0.15, 0.2) is 91.0 Å². The van der Waals surface area contributed by atoms with Crippen LogP contribution >= 0.6 is 0 Å². The second kappa shape index (κ2) is 8.81. The topological polar surface area (TPSA) is 37.3 Å². The highest BCUT2D eigenvalue weighted by molar-refractivity contribution is 5.98. The summed E-state index contributed by atoms with van der Waals surface area (Å²) in [4.78, 5) is 10.7. The Bertz CT molecular complexity index is 950. The number of allylic oxidation sites excluding steroid dienone is 1. The van der Waals surface area contributed by atoms with E-state index in [0.717, 1.165) is 23.6 Å². The molecule has 0 saturated carbocycles.